The quantitative estimate of drug-likeness (QED) is 0.728. The molecule has 0 radical (unpaired) electrons. The maximum absolute atomic E-state index is 13.1. The number of unbranched alkanes of at least 4 members (excludes halogenated alkanes) is 2. The van der Waals surface area contributed by atoms with Crippen LogP contribution in [0, 0.1) is 5.82 Å². The fraction of sp³-hybridized carbons (Fsp3) is 0.409. The van der Waals surface area contributed by atoms with Crippen LogP contribution in [0.5, 0.6) is 0 Å². The smallest absolute Gasteiger partial charge is 0.269 e. The van der Waals surface area contributed by atoms with Crippen LogP contribution in [0.4, 0.5) is 10.1 Å². The first-order chi connectivity index (χ1) is 14.1. The summed E-state index contributed by atoms with van der Waals surface area (Å²) >= 11 is 0. The number of halogens is 1. The Morgan fingerprint density at radius 1 is 1.07 bits per heavy atom. The first-order valence-corrected chi connectivity index (χ1v) is 10.1. The van der Waals surface area contributed by atoms with E-state index in [2.05, 4.69) is 22.1 Å². The number of hydrogen-bond acceptors (Lipinski definition) is 4. The number of piperazine rings is 1. The molecule has 7 heteroatoms. The van der Waals surface area contributed by atoms with Crippen LogP contribution in [0.25, 0.3) is 0 Å². The van der Waals surface area contributed by atoms with Crippen molar-refractivity contribution in [2.45, 2.75) is 26.2 Å². The number of carbonyl (C=O) groups is 2. The van der Waals surface area contributed by atoms with Crippen LogP contribution in [0.15, 0.2) is 42.6 Å². The Balaban J connectivity index is 1.57. The lowest BCUT2D eigenvalue weighted by Crippen LogP contribution is -2.48. The van der Waals surface area contributed by atoms with Crippen molar-refractivity contribution >= 4 is 17.5 Å². The van der Waals surface area contributed by atoms with Gasteiger partial charge < -0.3 is 15.1 Å². The Kier molecular flexibility index (Phi) is 7.16. The molecule has 2 heterocycles. The summed E-state index contributed by atoms with van der Waals surface area (Å²) in [6.45, 7) is 5.20. The molecule has 2 amide bonds. The number of rotatable bonds is 7. The molecule has 1 fully saturated rings. The third kappa shape index (κ3) is 5.53. The summed E-state index contributed by atoms with van der Waals surface area (Å²) in [7, 11) is 0. The Morgan fingerprint density at radius 3 is 2.48 bits per heavy atom. The fourth-order valence-corrected chi connectivity index (χ4v) is 3.36. The molecule has 0 spiro atoms. The number of aromatic nitrogens is 1. The van der Waals surface area contributed by atoms with Gasteiger partial charge in [-0.3, -0.25) is 14.6 Å². The summed E-state index contributed by atoms with van der Waals surface area (Å²) in [6.07, 6.45) is 4.59. The molecular weight excluding hydrogens is 371 g/mol. The molecule has 1 N–H and O–H groups in total. The number of anilines is 1. The topological polar surface area (TPSA) is 65.5 Å². The van der Waals surface area contributed by atoms with Gasteiger partial charge in [0.25, 0.3) is 11.8 Å². The van der Waals surface area contributed by atoms with E-state index in [1.54, 1.807) is 29.2 Å². The summed E-state index contributed by atoms with van der Waals surface area (Å²) < 4.78 is 13.1. The summed E-state index contributed by atoms with van der Waals surface area (Å²) in [6, 6.07) is 9.59. The van der Waals surface area contributed by atoms with Gasteiger partial charge in [-0.1, -0.05) is 19.8 Å². The highest BCUT2D eigenvalue weighted by Gasteiger charge is 2.23. The van der Waals surface area contributed by atoms with E-state index >= 15 is 0 Å². The van der Waals surface area contributed by atoms with Crippen LogP contribution in [-0.2, 0) is 0 Å². The fourth-order valence-electron chi connectivity index (χ4n) is 3.36. The SMILES string of the molecule is CCCCCNC(=O)c1cc(C(=O)N2CCN(c3ccc(F)cc3)CC2)ccn1. The number of amides is 2. The van der Waals surface area contributed by atoms with Crippen LogP contribution in [0.1, 0.15) is 47.0 Å². The molecule has 0 bridgehead atoms. The molecule has 6 nitrogen and oxygen atoms in total. The monoisotopic (exact) mass is 398 g/mol. The third-order valence-corrected chi connectivity index (χ3v) is 5.06. The van der Waals surface area contributed by atoms with Crippen molar-refractivity contribution in [2.75, 3.05) is 37.6 Å². The Bertz CT molecular complexity index is 833. The maximum atomic E-state index is 13.1. The summed E-state index contributed by atoms with van der Waals surface area (Å²) in [5.41, 5.74) is 1.68. The van der Waals surface area contributed by atoms with Gasteiger partial charge in [-0.15, -0.1) is 0 Å². The van der Waals surface area contributed by atoms with Crippen molar-refractivity contribution in [1.29, 1.82) is 0 Å². The zero-order chi connectivity index (χ0) is 20.6. The van der Waals surface area contributed by atoms with Gasteiger partial charge >= 0.3 is 0 Å². The predicted octanol–water partition coefficient (Wildman–Crippen LogP) is 3.10. The lowest BCUT2D eigenvalue weighted by molar-refractivity contribution is 0.0746. The molecule has 0 atom stereocenters. The average Bonchev–Trinajstić information content (AvgIpc) is 2.77. The molecule has 1 aliphatic heterocycles. The first-order valence-electron chi connectivity index (χ1n) is 10.1. The van der Waals surface area contributed by atoms with Gasteiger partial charge in [-0.2, -0.15) is 0 Å². The van der Waals surface area contributed by atoms with Crippen molar-refractivity contribution in [3.05, 3.63) is 59.7 Å². The second-order valence-electron chi connectivity index (χ2n) is 7.15. The van der Waals surface area contributed by atoms with Crippen molar-refractivity contribution in [3.8, 4) is 0 Å². The van der Waals surface area contributed by atoms with Crippen molar-refractivity contribution < 1.29 is 14.0 Å². The first kappa shape index (κ1) is 20.8. The van der Waals surface area contributed by atoms with E-state index in [9.17, 15) is 14.0 Å². The van der Waals surface area contributed by atoms with Gasteiger partial charge in [0.15, 0.2) is 0 Å². The van der Waals surface area contributed by atoms with Crippen LogP contribution in [0.3, 0.4) is 0 Å². The van der Waals surface area contributed by atoms with Crippen molar-refractivity contribution in [2.24, 2.45) is 0 Å². The zero-order valence-corrected chi connectivity index (χ0v) is 16.7. The van der Waals surface area contributed by atoms with Crippen LogP contribution >= 0.6 is 0 Å². The van der Waals surface area contributed by atoms with Gasteiger partial charge in [0.05, 0.1) is 0 Å². The molecular formula is C22H27FN4O2. The molecule has 3 rings (SSSR count). The Morgan fingerprint density at radius 2 is 1.79 bits per heavy atom. The van der Waals surface area contributed by atoms with E-state index in [0.29, 0.717) is 38.3 Å². The van der Waals surface area contributed by atoms with E-state index < -0.39 is 0 Å². The lowest BCUT2D eigenvalue weighted by atomic mass is 10.1. The van der Waals surface area contributed by atoms with Gasteiger partial charge in [-0.25, -0.2) is 4.39 Å². The molecule has 1 aliphatic rings. The standard InChI is InChI=1S/C22H27FN4O2/c1-2-3-4-10-25-21(28)20-16-17(9-11-24-20)22(29)27-14-12-26(13-15-27)19-7-5-18(23)6-8-19/h5-9,11,16H,2-4,10,12-15H2,1H3,(H,25,28). The maximum Gasteiger partial charge on any atom is 0.269 e. The van der Waals surface area contributed by atoms with E-state index in [1.165, 1.54) is 18.3 Å². The third-order valence-electron chi connectivity index (χ3n) is 5.06. The zero-order valence-electron chi connectivity index (χ0n) is 16.7. The number of pyridine rings is 1. The predicted molar refractivity (Wildman–Crippen MR) is 111 cm³/mol. The van der Waals surface area contributed by atoms with Crippen molar-refractivity contribution in [3.63, 3.8) is 0 Å². The van der Waals surface area contributed by atoms with Crippen LogP contribution < -0.4 is 10.2 Å². The number of carbonyl (C=O) groups excluding carboxylic acids is 2. The van der Waals surface area contributed by atoms with E-state index in [0.717, 1.165) is 24.9 Å². The summed E-state index contributed by atoms with van der Waals surface area (Å²) in [5, 5.41) is 2.85. The van der Waals surface area contributed by atoms with Gasteiger partial charge in [0, 0.05) is 50.2 Å². The number of nitrogens with zero attached hydrogens (tertiary/aromatic N) is 3. The second-order valence-corrected chi connectivity index (χ2v) is 7.15. The highest BCUT2D eigenvalue weighted by molar-refractivity contribution is 5.98. The Labute approximate surface area is 170 Å². The van der Waals surface area contributed by atoms with Gasteiger partial charge in [0.2, 0.25) is 0 Å². The minimum Gasteiger partial charge on any atom is -0.368 e. The molecule has 0 saturated carbocycles. The van der Waals surface area contributed by atoms with Crippen LogP contribution in [0.2, 0.25) is 0 Å². The van der Waals surface area contributed by atoms with E-state index in [4.69, 9.17) is 0 Å². The average molecular weight is 398 g/mol. The molecule has 0 aliphatic carbocycles. The van der Waals surface area contributed by atoms with E-state index in [1.807, 2.05) is 0 Å². The number of hydrogen-bond donors (Lipinski definition) is 1. The lowest BCUT2D eigenvalue weighted by Gasteiger charge is -2.36. The van der Waals surface area contributed by atoms with Gasteiger partial charge in [0.1, 0.15) is 11.5 Å². The van der Waals surface area contributed by atoms with Crippen LogP contribution in [-0.4, -0.2) is 54.4 Å². The highest BCUT2D eigenvalue weighted by atomic mass is 19.1. The second kappa shape index (κ2) is 10.0. The molecule has 2 aromatic rings. The molecule has 0 unspecified atom stereocenters. The summed E-state index contributed by atoms with van der Waals surface area (Å²) in [5.74, 6) is -0.617. The number of benzene rings is 1. The molecule has 1 saturated heterocycles. The highest BCUT2D eigenvalue weighted by Crippen LogP contribution is 2.18. The van der Waals surface area contributed by atoms with Gasteiger partial charge in [-0.05, 0) is 42.8 Å². The molecule has 1 aromatic heterocycles. The number of nitrogens with one attached hydrogen (secondary N) is 1. The minimum atomic E-state index is -0.259. The molecule has 29 heavy (non-hydrogen) atoms. The minimum absolute atomic E-state index is 0.105. The van der Waals surface area contributed by atoms with Crippen molar-refractivity contribution in [1.82, 2.24) is 15.2 Å². The normalized spacial score (nSPS) is 14.0. The largest absolute Gasteiger partial charge is 0.368 e. The summed E-state index contributed by atoms with van der Waals surface area (Å²) in [4.78, 5) is 33.1. The molecule has 1 aromatic carbocycles. The van der Waals surface area contributed by atoms with E-state index in [-0.39, 0.29) is 23.3 Å². The Hall–Kier alpha value is -2.96. The molecule has 154 valence electrons.